The highest BCUT2D eigenvalue weighted by atomic mass is 16.4. The second-order valence-corrected chi connectivity index (χ2v) is 4.90. The van der Waals surface area contributed by atoms with E-state index in [1.165, 1.54) is 0 Å². The van der Waals surface area contributed by atoms with Gasteiger partial charge in [-0.3, -0.25) is 5.10 Å². The molecule has 3 rings (SSSR count). The zero-order chi connectivity index (χ0) is 14.7. The first-order valence-corrected chi connectivity index (χ1v) is 6.92. The molecule has 0 aliphatic rings. The zero-order valence-corrected chi connectivity index (χ0v) is 12.1. The van der Waals surface area contributed by atoms with Crippen molar-refractivity contribution >= 4 is 0 Å². The molecule has 110 valence electrons. The number of aryl methyl sites for hydroxylation is 6. The summed E-state index contributed by atoms with van der Waals surface area (Å²) < 4.78 is 11.1. The Kier molecular flexibility index (Phi) is 3.81. The van der Waals surface area contributed by atoms with Crippen LogP contribution in [0.4, 0.5) is 0 Å². The Labute approximate surface area is 121 Å². The Bertz CT molecular complexity index is 654. The number of H-pyrrole nitrogens is 1. The Balaban J connectivity index is 1.51. The number of oxazole rings is 2. The maximum atomic E-state index is 5.70. The summed E-state index contributed by atoms with van der Waals surface area (Å²) in [5, 5.41) is 6.91. The van der Waals surface area contributed by atoms with Gasteiger partial charge in [-0.15, -0.1) is 0 Å². The SMILES string of the molecule is Cc1nc(CCc2ncc(CCc3cnc(C)o3)o2)n[nH]1. The smallest absolute Gasteiger partial charge is 0.194 e. The van der Waals surface area contributed by atoms with Crippen LogP contribution >= 0.6 is 0 Å². The molecular weight excluding hydrogens is 270 g/mol. The van der Waals surface area contributed by atoms with Gasteiger partial charge in [-0.1, -0.05) is 0 Å². The summed E-state index contributed by atoms with van der Waals surface area (Å²) >= 11 is 0. The van der Waals surface area contributed by atoms with Gasteiger partial charge in [0.25, 0.3) is 0 Å². The van der Waals surface area contributed by atoms with Gasteiger partial charge in [-0.2, -0.15) is 5.10 Å². The summed E-state index contributed by atoms with van der Waals surface area (Å²) in [7, 11) is 0. The van der Waals surface area contributed by atoms with Gasteiger partial charge in [0.15, 0.2) is 17.6 Å². The molecule has 0 saturated carbocycles. The zero-order valence-electron chi connectivity index (χ0n) is 12.1. The van der Waals surface area contributed by atoms with Gasteiger partial charge in [0.05, 0.1) is 12.4 Å². The van der Waals surface area contributed by atoms with Crippen LogP contribution in [0.3, 0.4) is 0 Å². The number of nitrogens with one attached hydrogen (secondary N) is 1. The highest BCUT2D eigenvalue weighted by Crippen LogP contribution is 2.11. The Morgan fingerprint density at radius 2 is 1.71 bits per heavy atom. The fourth-order valence-electron chi connectivity index (χ4n) is 2.07. The molecular formula is C14H17N5O2. The number of hydrogen-bond acceptors (Lipinski definition) is 6. The highest BCUT2D eigenvalue weighted by Gasteiger charge is 2.08. The van der Waals surface area contributed by atoms with Gasteiger partial charge in [-0.25, -0.2) is 15.0 Å². The molecule has 3 aromatic heterocycles. The van der Waals surface area contributed by atoms with Gasteiger partial charge >= 0.3 is 0 Å². The summed E-state index contributed by atoms with van der Waals surface area (Å²) in [5.41, 5.74) is 0. The van der Waals surface area contributed by atoms with E-state index in [0.29, 0.717) is 24.6 Å². The maximum Gasteiger partial charge on any atom is 0.194 e. The average Bonchev–Trinajstić information content (AvgIpc) is 3.16. The van der Waals surface area contributed by atoms with Crippen molar-refractivity contribution in [1.82, 2.24) is 25.1 Å². The third-order valence-electron chi connectivity index (χ3n) is 3.09. The van der Waals surface area contributed by atoms with E-state index in [2.05, 4.69) is 25.1 Å². The topological polar surface area (TPSA) is 93.6 Å². The average molecular weight is 287 g/mol. The van der Waals surface area contributed by atoms with Gasteiger partial charge in [0.2, 0.25) is 0 Å². The molecule has 0 bridgehead atoms. The third kappa shape index (κ3) is 3.56. The molecule has 0 unspecified atom stereocenters. The molecule has 1 N–H and O–H groups in total. The summed E-state index contributed by atoms with van der Waals surface area (Å²) in [6, 6.07) is 0. The van der Waals surface area contributed by atoms with Crippen molar-refractivity contribution in [3.05, 3.63) is 47.3 Å². The Hall–Kier alpha value is -2.44. The molecule has 0 aliphatic heterocycles. The predicted octanol–water partition coefficient (Wildman–Crippen LogP) is 1.97. The fourth-order valence-corrected chi connectivity index (χ4v) is 2.07. The monoisotopic (exact) mass is 287 g/mol. The van der Waals surface area contributed by atoms with Gasteiger partial charge in [0, 0.05) is 32.6 Å². The lowest BCUT2D eigenvalue weighted by molar-refractivity contribution is 0.434. The van der Waals surface area contributed by atoms with Crippen molar-refractivity contribution in [3.63, 3.8) is 0 Å². The molecule has 7 nitrogen and oxygen atoms in total. The van der Waals surface area contributed by atoms with E-state index in [9.17, 15) is 0 Å². The molecule has 7 heteroatoms. The first-order chi connectivity index (χ1) is 10.2. The van der Waals surface area contributed by atoms with Crippen LogP contribution in [0.1, 0.15) is 35.0 Å². The number of nitrogens with zero attached hydrogens (tertiary/aromatic N) is 4. The molecule has 0 fully saturated rings. The standard InChI is InChI=1S/C14H17N5O2/c1-9-17-13(19-18-9)5-6-14-16-8-12(21-14)4-3-11-7-15-10(2)20-11/h7-8H,3-6H2,1-2H3,(H,17,18,19). The van der Waals surface area contributed by atoms with Crippen molar-refractivity contribution in [2.75, 3.05) is 0 Å². The Morgan fingerprint density at radius 3 is 2.38 bits per heavy atom. The van der Waals surface area contributed by atoms with Crippen molar-refractivity contribution in [3.8, 4) is 0 Å². The second kappa shape index (κ2) is 5.90. The number of rotatable bonds is 6. The number of aromatic nitrogens is 5. The lowest BCUT2D eigenvalue weighted by Crippen LogP contribution is -1.93. The van der Waals surface area contributed by atoms with E-state index in [4.69, 9.17) is 8.83 Å². The fraction of sp³-hybridized carbons (Fsp3) is 0.429. The summed E-state index contributed by atoms with van der Waals surface area (Å²) in [5.74, 6) is 4.71. The normalized spacial score (nSPS) is 11.1. The molecule has 3 aromatic rings. The maximum absolute atomic E-state index is 5.70. The lowest BCUT2D eigenvalue weighted by Gasteiger charge is -1.94. The van der Waals surface area contributed by atoms with Crippen molar-refractivity contribution < 1.29 is 8.83 Å². The van der Waals surface area contributed by atoms with E-state index in [1.807, 2.05) is 13.8 Å². The van der Waals surface area contributed by atoms with Crippen LogP contribution in [0.15, 0.2) is 21.2 Å². The predicted molar refractivity (Wildman–Crippen MR) is 73.7 cm³/mol. The van der Waals surface area contributed by atoms with E-state index in [0.717, 1.165) is 36.0 Å². The van der Waals surface area contributed by atoms with Crippen LogP contribution in [0.25, 0.3) is 0 Å². The first kappa shape index (κ1) is 13.5. The van der Waals surface area contributed by atoms with Crippen LogP contribution in [0.2, 0.25) is 0 Å². The van der Waals surface area contributed by atoms with Gasteiger partial charge in [-0.05, 0) is 6.92 Å². The minimum Gasteiger partial charge on any atom is -0.446 e. The molecule has 0 aliphatic carbocycles. The van der Waals surface area contributed by atoms with Crippen molar-refractivity contribution in [2.45, 2.75) is 39.5 Å². The van der Waals surface area contributed by atoms with E-state index < -0.39 is 0 Å². The van der Waals surface area contributed by atoms with Crippen LogP contribution in [0.5, 0.6) is 0 Å². The summed E-state index contributed by atoms with van der Waals surface area (Å²) in [4.78, 5) is 12.6. The minimum absolute atomic E-state index is 0.685. The van der Waals surface area contributed by atoms with E-state index in [-0.39, 0.29) is 0 Å². The summed E-state index contributed by atoms with van der Waals surface area (Å²) in [6.45, 7) is 3.71. The minimum atomic E-state index is 0.685. The largest absolute Gasteiger partial charge is 0.446 e. The first-order valence-electron chi connectivity index (χ1n) is 6.92. The van der Waals surface area contributed by atoms with E-state index in [1.54, 1.807) is 12.4 Å². The van der Waals surface area contributed by atoms with Crippen LogP contribution in [-0.4, -0.2) is 25.1 Å². The van der Waals surface area contributed by atoms with Crippen LogP contribution in [0, 0.1) is 13.8 Å². The molecule has 0 spiro atoms. The lowest BCUT2D eigenvalue weighted by atomic mass is 10.2. The molecule has 0 atom stereocenters. The quantitative estimate of drug-likeness (QED) is 0.745. The van der Waals surface area contributed by atoms with E-state index >= 15 is 0 Å². The molecule has 0 radical (unpaired) electrons. The van der Waals surface area contributed by atoms with Gasteiger partial charge < -0.3 is 8.83 Å². The molecule has 0 amide bonds. The van der Waals surface area contributed by atoms with Crippen LogP contribution in [-0.2, 0) is 25.7 Å². The Morgan fingerprint density at radius 1 is 0.952 bits per heavy atom. The third-order valence-corrected chi connectivity index (χ3v) is 3.09. The van der Waals surface area contributed by atoms with Crippen LogP contribution < -0.4 is 0 Å². The molecule has 21 heavy (non-hydrogen) atoms. The van der Waals surface area contributed by atoms with Crippen molar-refractivity contribution in [2.24, 2.45) is 0 Å². The number of aromatic amines is 1. The summed E-state index contributed by atoms with van der Waals surface area (Å²) in [6.07, 6.45) is 6.43. The number of hydrogen-bond donors (Lipinski definition) is 1. The second-order valence-electron chi connectivity index (χ2n) is 4.90. The highest BCUT2D eigenvalue weighted by molar-refractivity contribution is 5.01. The van der Waals surface area contributed by atoms with Gasteiger partial charge in [0.1, 0.15) is 17.3 Å². The molecule has 3 heterocycles. The molecule has 0 saturated heterocycles. The van der Waals surface area contributed by atoms with Crippen molar-refractivity contribution in [1.29, 1.82) is 0 Å². The molecule has 0 aromatic carbocycles.